The minimum Gasteiger partial charge on any atom is -0.433 e. The Morgan fingerprint density at radius 1 is 1.00 bits per heavy atom. The SMILES string of the molecule is CC(C)C(N)C(=O)OC(=O)OCC1c2ccccc2-c2ccccc21. The molecule has 0 aromatic heterocycles. The first-order valence-electron chi connectivity index (χ1n) is 8.31. The number of rotatable bonds is 4. The normalized spacial score (nSPS) is 13.9. The third-order valence-corrected chi connectivity index (χ3v) is 4.50. The van der Waals surface area contributed by atoms with Gasteiger partial charge in [-0.1, -0.05) is 62.4 Å². The Bertz CT molecular complexity index is 754. The summed E-state index contributed by atoms with van der Waals surface area (Å²) in [5, 5.41) is 0. The van der Waals surface area contributed by atoms with Crippen LogP contribution in [0.5, 0.6) is 0 Å². The van der Waals surface area contributed by atoms with Gasteiger partial charge in [0.25, 0.3) is 0 Å². The second kappa shape index (κ2) is 7.07. The van der Waals surface area contributed by atoms with Crippen molar-refractivity contribution in [1.82, 2.24) is 0 Å². The maximum Gasteiger partial charge on any atom is 0.516 e. The van der Waals surface area contributed by atoms with Gasteiger partial charge in [-0.05, 0) is 28.2 Å². The van der Waals surface area contributed by atoms with Gasteiger partial charge in [-0.2, -0.15) is 0 Å². The van der Waals surface area contributed by atoms with E-state index in [1.54, 1.807) is 13.8 Å². The Labute approximate surface area is 146 Å². The highest BCUT2D eigenvalue weighted by Crippen LogP contribution is 2.44. The lowest BCUT2D eigenvalue weighted by atomic mass is 9.98. The van der Waals surface area contributed by atoms with E-state index >= 15 is 0 Å². The van der Waals surface area contributed by atoms with Crippen LogP contribution < -0.4 is 5.73 Å². The summed E-state index contributed by atoms with van der Waals surface area (Å²) in [6.07, 6.45) is -1.01. The lowest BCUT2D eigenvalue weighted by Crippen LogP contribution is -2.38. The molecule has 3 rings (SSSR count). The van der Waals surface area contributed by atoms with Crippen LogP contribution in [-0.4, -0.2) is 24.8 Å². The zero-order valence-electron chi connectivity index (χ0n) is 14.3. The molecular formula is C20H21NO4. The zero-order valence-corrected chi connectivity index (χ0v) is 14.3. The van der Waals surface area contributed by atoms with E-state index < -0.39 is 18.2 Å². The molecule has 1 atom stereocenters. The van der Waals surface area contributed by atoms with Gasteiger partial charge in [-0.15, -0.1) is 0 Å². The molecule has 0 bridgehead atoms. The molecule has 0 saturated carbocycles. The van der Waals surface area contributed by atoms with Gasteiger partial charge >= 0.3 is 12.1 Å². The Morgan fingerprint density at radius 2 is 1.52 bits per heavy atom. The summed E-state index contributed by atoms with van der Waals surface area (Å²) in [6, 6.07) is 15.2. The fourth-order valence-corrected chi connectivity index (χ4v) is 3.04. The van der Waals surface area contributed by atoms with Crippen molar-refractivity contribution in [3.05, 3.63) is 59.7 Å². The van der Waals surface area contributed by atoms with Gasteiger partial charge in [-0.25, -0.2) is 9.59 Å². The molecule has 1 aliphatic carbocycles. The van der Waals surface area contributed by atoms with Crippen molar-refractivity contribution in [2.75, 3.05) is 6.61 Å². The fraction of sp³-hybridized carbons (Fsp3) is 0.300. The zero-order chi connectivity index (χ0) is 18.0. The van der Waals surface area contributed by atoms with Crippen molar-refractivity contribution in [3.8, 4) is 11.1 Å². The summed E-state index contributed by atoms with van der Waals surface area (Å²) >= 11 is 0. The maximum atomic E-state index is 11.8. The predicted molar refractivity (Wildman–Crippen MR) is 94.0 cm³/mol. The van der Waals surface area contributed by atoms with Crippen LogP contribution in [0.4, 0.5) is 4.79 Å². The largest absolute Gasteiger partial charge is 0.516 e. The fourth-order valence-electron chi connectivity index (χ4n) is 3.04. The molecule has 2 aromatic rings. The lowest BCUT2D eigenvalue weighted by molar-refractivity contribution is -0.142. The molecule has 2 N–H and O–H groups in total. The first-order chi connectivity index (χ1) is 12.0. The standard InChI is InChI=1S/C20H21NO4/c1-12(2)18(21)19(22)25-20(23)24-11-17-15-9-5-3-7-13(15)14-8-4-6-10-16(14)17/h3-10,12,17-18H,11,21H2,1-2H3. The van der Waals surface area contributed by atoms with Crippen LogP contribution in [0.25, 0.3) is 11.1 Å². The Balaban J connectivity index is 1.70. The first-order valence-corrected chi connectivity index (χ1v) is 8.31. The second-order valence-corrected chi connectivity index (χ2v) is 6.48. The van der Waals surface area contributed by atoms with Crippen LogP contribution in [-0.2, 0) is 14.3 Å². The number of hydrogen-bond donors (Lipinski definition) is 1. The smallest absolute Gasteiger partial charge is 0.433 e. The third-order valence-electron chi connectivity index (χ3n) is 4.50. The maximum absolute atomic E-state index is 11.8. The van der Waals surface area contributed by atoms with Gasteiger partial charge in [0, 0.05) is 5.92 Å². The van der Waals surface area contributed by atoms with Crippen LogP contribution in [0.3, 0.4) is 0 Å². The second-order valence-electron chi connectivity index (χ2n) is 6.48. The van der Waals surface area contributed by atoms with E-state index in [0.717, 1.165) is 22.3 Å². The average molecular weight is 339 g/mol. The van der Waals surface area contributed by atoms with Crippen LogP contribution in [0.2, 0.25) is 0 Å². The Kier molecular flexibility index (Phi) is 4.86. The van der Waals surface area contributed by atoms with Gasteiger partial charge in [0.05, 0.1) is 0 Å². The Morgan fingerprint density at radius 3 is 2.04 bits per heavy atom. The van der Waals surface area contributed by atoms with Crippen molar-refractivity contribution in [2.45, 2.75) is 25.8 Å². The summed E-state index contributed by atoms with van der Waals surface area (Å²) in [7, 11) is 0. The highest BCUT2D eigenvalue weighted by atomic mass is 16.7. The molecule has 0 aliphatic heterocycles. The molecule has 0 saturated heterocycles. The number of ether oxygens (including phenoxy) is 2. The molecule has 5 heteroatoms. The Hall–Kier alpha value is -2.66. The first kappa shape index (κ1) is 17.2. The summed E-state index contributed by atoms with van der Waals surface area (Å²) < 4.78 is 9.89. The van der Waals surface area contributed by atoms with Crippen molar-refractivity contribution < 1.29 is 19.1 Å². The lowest BCUT2D eigenvalue weighted by Gasteiger charge is -2.15. The monoisotopic (exact) mass is 339 g/mol. The number of nitrogens with two attached hydrogens (primary N) is 1. The number of benzene rings is 2. The van der Waals surface area contributed by atoms with Crippen LogP contribution >= 0.6 is 0 Å². The van der Waals surface area contributed by atoms with Crippen LogP contribution in [0.15, 0.2) is 48.5 Å². The van der Waals surface area contributed by atoms with Gasteiger partial charge in [0.15, 0.2) is 0 Å². The van der Waals surface area contributed by atoms with E-state index in [4.69, 9.17) is 10.5 Å². The number of fused-ring (bicyclic) bond motifs is 3. The topological polar surface area (TPSA) is 78.6 Å². The molecule has 0 amide bonds. The minimum absolute atomic E-state index is 0.0752. The van der Waals surface area contributed by atoms with Crippen molar-refractivity contribution in [2.24, 2.45) is 11.7 Å². The van der Waals surface area contributed by atoms with Gasteiger partial charge in [0.2, 0.25) is 0 Å². The van der Waals surface area contributed by atoms with E-state index in [0.29, 0.717) is 0 Å². The van der Waals surface area contributed by atoms with Gasteiger partial charge < -0.3 is 15.2 Å². The number of esters is 1. The molecule has 2 aromatic carbocycles. The summed E-state index contributed by atoms with van der Waals surface area (Å²) in [5.41, 5.74) is 10.1. The van der Waals surface area contributed by atoms with E-state index in [-0.39, 0.29) is 18.4 Å². The molecule has 5 nitrogen and oxygen atoms in total. The molecule has 0 fully saturated rings. The molecule has 25 heavy (non-hydrogen) atoms. The number of hydrogen-bond acceptors (Lipinski definition) is 5. The molecule has 1 unspecified atom stereocenters. The number of carbonyl (C=O) groups excluding carboxylic acids is 2. The molecule has 1 aliphatic rings. The van der Waals surface area contributed by atoms with Crippen molar-refractivity contribution in [1.29, 1.82) is 0 Å². The molecule has 0 spiro atoms. The highest BCUT2D eigenvalue weighted by molar-refractivity contribution is 5.85. The quantitative estimate of drug-likeness (QED) is 0.682. The van der Waals surface area contributed by atoms with Crippen molar-refractivity contribution in [3.63, 3.8) is 0 Å². The third kappa shape index (κ3) is 3.42. The summed E-state index contributed by atoms with van der Waals surface area (Å²) in [5.74, 6) is -0.963. The highest BCUT2D eigenvalue weighted by Gasteiger charge is 2.30. The predicted octanol–water partition coefficient (Wildman–Crippen LogP) is 3.46. The molecule has 0 heterocycles. The molecule has 130 valence electrons. The average Bonchev–Trinajstić information content (AvgIpc) is 2.93. The molecule has 0 radical (unpaired) electrons. The molecular weight excluding hydrogens is 318 g/mol. The van der Waals surface area contributed by atoms with Crippen LogP contribution in [0.1, 0.15) is 30.9 Å². The number of carbonyl (C=O) groups is 2. The van der Waals surface area contributed by atoms with Crippen molar-refractivity contribution >= 4 is 12.1 Å². The summed E-state index contributed by atoms with van der Waals surface area (Å²) in [6.45, 7) is 3.67. The van der Waals surface area contributed by atoms with E-state index in [9.17, 15) is 9.59 Å². The van der Waals surface area contributed by atoms with E-state index in [1.807, 2.05) is 36.4 Å². The van der Waals surface area contributed by atoms with Gasteiger partial charge in [0.1, 0.15) is 12.6 Å². The summed E-state index contributed by atoms with van der Waals surface area (Å²) in [4.78, 5) is 23.6. The van der Waals surface area contributed by atoms with Gasteiger partial charge in [-0.3, -0.25) is 0 Å². The van der Waals surface area contributed by atoms with E-state index in [2.05, 4.69) is 16.9 Å². The van der Waals surface area contributed by atoms with E-state index in [1.165, 1.54) is 0 Å². The minimum atomic E-state index is -1.01. The van der Waals surface area contributed by atoms with Crippen LogP contribution in [0, 0.1) is 5.92 Å².